The Morgan fingerprint density at radius 3 is 2.47 bits per heavy atom. The molecule has 2 amide bonds. The van der Waals surface area contributed by atoms with Gasteiger partial charge in [0.25, 0.3) is 0 Å². The van der Waals surface area contributed by atoms with E-state index in [9.17, 15) is 14.4 Å². The molecule has 3 aromatic rings. The highest BCUT2D eigenvalue weighted by atomic mass is 16.6. The number of ether oxygens (including phenoxy) is 1. The van der Waals surface area contributed by atoms with Crippen LogP contribution in [-0.4, -0.2) is 61.0 Å². The van der Waals surface area contributed by atoms with Crippen LogP contribution >= 0.6 is 0 Å². The number of aryl methyl sites for hydroxylation is 1. The molecule has 1 fully saturated rings. The van der Waals surface area contributed by atoms with E-state index >= 15 is 0 Å². The summed E-state index contributed by atoms with van der Waals surface area (Å²) in [6.45, 7) is 1.97. The van der Waals surface area contributed by atoms with E-state index in [4.69, 9.17) is 4.74 Å². The second kappa shape index (κ2) is 12.5. The molecular formula is C30H35N4O4+. The number of aldehydes is 1. The standard InChI is InChI=1S/C30H34N4O4/c1-34(2)17-15-25(16-18-34)38-30(37)32-27-19-22(11-13-26(27)24-8-4-3-5-9-24)7-6-10-29(36)33-28-14-12-23(21-35)20-31-28/h3-5,8-9,11-14,19-21,25H,6-7,10,15-18H2,1-2H3,(H-,31,32,33,35,36,37)/p+1. The van der Waals surface area contributed by atoms with Gasteiger partial charge in [-0.15, -0.1) is 0 Å². The molecule has 2 heterocycles. The number of carbonyl (C=O) groups excluding carboxylic acids is 3. The second-order valence-electron chi connectivity index (χ2n) is 10.4. The predicted molar refractivity (Wildman–Crippen MR) is 148 cm³/mol. The molecule has 0 radical (unpaired) electrons. The van der Waals surface area contributed by atoms with Crippen molar-refractivity contribution in [3.63, 3.8) is 0 Å². The highest BCUT2D eigenvalue weighted by Gasteiger charge is 2.28. The summed E-state index contributed by atoms with van der Waals surface area (Å²) in [6.07, 6.45) is 4.93. The third-order valence-electron chi connectivity index (χ3n) is 6.85. The Morgan fingerprint density at radius 1 is 1.03 bits per heavy atom. The minimum absolute atomic E-state index is 0.0767. The van der Waals surface area contributed by atoms with E-state index in [-0.39, 0.29) is 12.0 Å². The summed E-state index contributed by atoms with van der Waals surface area (Å²) in [5, 5.41) is 5.73. The van der Waals surface area contributed by atoms with Crippen LogP contribution in [0.15, 0.2) is 66.9 Å². The normalized spacial score (nSPS) is 14.9. The number of amides is 2. The molecule has 1 saturated heterocycles. The number of hydrogen-bond donors (Lipinski definition) is 2. The van der Waals surface area contributed by atoms with E-state index in [0.29, 0.717) is 42.6 Å². The number of piperidine rings is 1. The Bertz CT molecular complexity index is 1250. The fourth-order valence-electron chi connectivity index (χ4n) is 4.58. The fourth-order valence-corrected chi connectivity index (χ4v) is 4.58. The smallest absolute Gasteiger partial charge is 0.411 e. The Kier molecular flexibility index (Phi) is 8.86. The molecule has 2 aromatic carbocycles. The molecule has 1 aromatic heterocycles. The summed E-state index contributed by atoms with van der Waals surface area (Å²) >= 11 is 0. The highest BCUT2D eigenvalue weighted by molar-refractivity contribution is 5.92. The first kappa shape index (κ1) is 27.0. The summed E-state index contributed by atoms with van der Waals surface area (Å²) in [7, 11) is 4.39. The Balaban J connectivity index is 1.38. The van der Waals surface area contributed by atoms with Gasteiger partial charge >= 0.3 is 6.09 Å². The Labute approximate surface area is 223 Å². The van der Waals surface area contributed by atoms with Crippen LogP contribution < -0.4 is 10.6 Å². The molecule has 0 bridgehead atoms. The number of hydrogen-bond acceptors (Lipinski definition) is 5. The highest BCUT2D eigenvalue weighted by Crippen LogP contribution is 2.30. The number of carbonyl (C=O) groups is 3. The van der Waals surface area contributed by atoms with Crippen molar-refractivity contribution in [2.75, 3.05) is 37.8 Å². The zero-order valence-electron chi connectivity index (χ0n) is 22.0. The van der Waals surface area contributed by atoms with Crippen LogP contribution in [0.2, 0.25) is 0 Å². The van der Waals surface area contributed by atoms with Crippen LogP contribution in [0.1, 0.15) is 41.6 Å². The molecule has 0 aliphatic carbocycles. The lowest BCUT2D eigenvalue weighted by Crippen LogP contribution is -2.48. The zero-order valence-corrected chi connectivity index (χ0v) is 22.0. The van der Waals surface area contributed by atoms with Gasteiger partial charge in [0.1, 0.15) is 11.9 Å². The number of quaternary nitrogens is 1. The van der Waals surface area contributed by atoms with Gasteiger partial charge in [-0.2, -0.15) is 0 Å². The molecule has 0 unspecified atom stereocenters. The molecule has 2 N–H and O–H groups in total. The van der Waals surface area contributed by atoms with Gasteiger partial charge in [0.15, 0.2) is 6.29 Å². The monoisotopic (exact) mass is 515 g/mol. The van der Waals surface area contributed by atoms with E-state index in [1.54, 1.807) is 12.1 Å². The maximum absolute atomic E-state index is 12.8. The van der Waals surface area contributed by atoms with Gasteiger partial charge in [0, 0.05) is 36.6 Å². The van der Waals surface area contributed by atoms with Crippen LogP contribution in [0.4, 0.5) is 16.3 Å². The molecule has 1 aliphatic heterocycles. The largest absolute Gasteiger partial charge is 0.446 e. The number of benzene rings is 2. The van der Waals surface area contributed by atoms with Crippen molar-refractivity contribution in [2.24, 2.45) is 0 Å². The molecule has 0 saturated carbocycles. The molecule has 0 spiro atoms. The lowest BCUT2D eigenvalue weighted by atomic mass is 9.99. The van der Waals surface area contributed by atoms with Crippen molar-refractivity contribution in [1.29, 1.82) is 0 Å². The summed E-state index contributed by atoms with van der Waals surface area (Å²) in [5.41, 5.74) is 4.07. The third-order valence-corrected chi connectivity index (χ3v) is 6.85. The first-order chi connectivity index (χ1) is 18.3. The zero-order chi connectivity index (χ0) is 27.0. The third kappa shape index (κ3) is 7.73. The Morgan fingerprint density at radius 2 is 1.79 bits per heavy atom. The average Bonchev–Trinajstić information content (AvgIpc) is 2.91. The Hall–Kier alpha value is -4.04. The van der Waals surface area contributed by atoms with Crippen molar-refractivity contribution in [3.05, 3.63) is 78.0 Å². The number of nitrogens with zero attached hydrogens (tertiary/aromatic N) is 2. The molecule has 8 nitrogen and oxygen atoms in total. The SMILES string of the molecule is C[N+]1(C)CCC(OC(=O)Nc2cc(CCCC(=O)Nc3ccc(C=O)cn3)ccc2-c2ccccc2)CC1. The number of aromatic nitrogens is 1. The van der Waals surface area contributed by atoms with Crippen LogP contribution in [0.25, 0.3) is 11.1 Å². The van der Waals surface area contributed by atoms with E-state index < -0.39 is 6.09 Å². The van der Waals surface area contributed by atoms with Gasteiger partial charge < -0.3 is 14.5 Å². The molecule has 4 rings (SSSR count). The van der Waals surface area contributed by atoms with Crippen molar-refractivity contribution in [2.45, 2.75) is 38.2 Å². The second-order valence-corrected chi connectivity index (χ2v) is 10.4. The minimum Gasteiger partial charge on any atom is -0.446 e. The van der Waals surface area contributed by atoms with Gasteiger partial charge in [-0.1, -0.05) is 42.5 Å². The van der Waals surface area contributed by atoms with Gasteiger partial charge in [-0.05, 0) is 42.2 Å². The number of anilines is 2. The summed E-state index contributed by atoms with van der Waals surface area (Å²) in [4.78, 5) is 40.0. The van der Waals surface area contributed by atoms with Crippen molar-refractivity contribution >= 4 is 29.8 Å². The van der Waals surface area contributed by atoms with E-state index in [1.165, 1.54) is 6.20 Å². The quantitative estimate of drug-likeness (QED) is 0.297. The number of likely N-dealkylation sites (tertiary alicyclic amines) is 1. The average molecular weight is 516 g/mol. The van der Waals surface area contributed by atoms with Crippen molar-refractivity contribution in [1.82, 2.24) is 4.98 Å². The summed E-state index contributed by atoms with van der Waals surface area (Å²) in [6, 6.07) is 19.1. The number of rotatable bonds is 9. The lowest BCUT2D eigenvalue weighted by Gasteiger charge is -2.36. The van der Waals surface area contributed by atoms with Crippen LogP contribution in [-0.2, 0) is 16.0 Å². The lowest BCUT2D eigenvalue weighted by molar-refractivity contribution is -0.896. The minimum atomic E-state index is -0.441. The summed E-state index contributed by atoms with van der Waals surface area (Å²) in [5.74, 6) is 0.270. The van der Waals surface area contributed by atoms with Crippen molar-refractivity contribution in [3.8, 4) is 11.1 Å². The fraction of sp³-hybridized carbons (Fsp3) is 0.333. The van der Waals surface area contributed by atoms with E-state index in [1.807, 2.05) is 48.5 Å². The number of pyridine rings is 1. The first-order valence-corrected chi connectivity index (χ1v) is 13.0. The molecule has 1 aliphatic rings. The van der Waals surface area contributed by atoms with Gasteiger partial charge in [-0.3, -0.25) is 14.9 Å². The molecule has 0 atom stereocenters. The van der Waals surface area contributed by atoms with Gasteiger partial charge in [-0.25, -0.2) is 9.78 Å². The van der Waals surface area contributed by atoms with E-state index in [0.717, 1.165) is 47.1 Å². The van der Waals surface area contributed by atoms with Gasteiger partial charge in [0.05, 0.1) is 32.9 Å². The van der Waals surface area contributed by atoms with Crippen LogP contribution in [0, 0.1) is 0 Å². The first-order valence-electron chi connectivity index (χ1n) is 13.0. The summed E-state index contributed by atoms with van der Waals surface area (Å²) < 4.78 is 6.71. The predicted octanol–water partition coefficient (Wildman–Crippen LogP) is 5.31. The van der Waals surface area contributed by atoms with Gasteiger partial charge in [0.2, 0.25) is 5.91 Å². The molecule has 38 heavy (non-hydrogen) atoms. The van der Waals surface area contributed by atoms with Crippen LogP contribution in [0.5, 0.6) is 0 Å². The molecule has 198 valence electrons. The van der Waals surface area contributed by atoms with Crippen LogP contribution in [0.3, 0.4) is 0 Å². The molecule has 8 heteroatoms. The topological polar surface area (TPSA) is 97.4 Å². The van der Waals surface area contributed by atoms with Crippen molar-refractivity contribution < 1.29 is 23.6 Å². The molecular weight excluding hydrogens is 480 g/mol. The maximum atomic E-state index is 12.8. The number of nitrogens with one attached hydrogen (secondary N) is 2. The van der Waals surface area contributed by atoms with E-state index in [2.05, 4.69) is 29.7 Å². The maximum Gasteiger partial charge on any atom is 0.411 e.